The molecule has 1 heterocycles. The third kappa shape index (κ3) is 5.71. The topological polar surface area (TPSA) is 69.7 Å². The van der Waals surface area contributed by atoms with Gasteiger partial charge in [0.1, 0.15) is 5.78 Å². The number of Topliss-reactive ketones (excluding diaryl/α,β-unsaturated/α-hetero) is 1. The van der Waals surface area contributed by atoms with E-state index in [0.717, 1.165) is 12.8 Å². The molecule has 5 nitrogen and oxygen atoms in total. The van der Waals surface area contributed by atoms with Crippen LogP contribution in [0, 0.1) is 0 Å². The molecule has 0 aromatic carbocycles. The van der Waals surface area contributed by atoms with Crippen molar-refractivity contribution in [1.82, 2.24) is 0 Å². The summed E-state index contributed by atoms with van der Waals surface area (Å²) in [5.74, 6) is -0.443. The highest BCUT2D eigenvalue weighted by Gasteiger charge is 2.51. The van der Waals surface area contributed by atoms with Gasteiger partial charge in [0.25, 0.3) is 0 Å². The number of hydrogen-bond acceptors (Lipinski definition) is 5. The lowest BCUT2D eigenvalue weighted by Gasteiger charge is -2.40. The van der Waals surface area contributed by atoms with E-state index < -0.39 is 25.9 Å². The predicted octanol–water partition coefficient (Wildman–Crippen LogP) is 2.75. The number of hydrogen-bond donors (Lipinski definition) is 0. The first-order valence-corrected chi connectivity index (χ1v) is 10.5. The second-order valence-corrected chi connectivity index (χ2v) is 10.0. The summed E-state index contributed by atoms with van der Waals surface area (Å²) >= 11 is 0. The van der Waals surface area contributed by atoms with Crippen LogP contribution in [0.1, 0.15) is 32.6 Å². The van der Waals surface area contributed by atoms with Gasteiger partial charge in [-0.2, -0.15) is 21.6 Å². The Morgan fingerprint density at radius 1 is 1.23 bits per heavy atom. The number of rotatable bonds is 8. The fourth-order valence-electron chi connectivity index (χ4n) is 2.03. The van der Waals surface area contributed by atoms with Crippen LogP contribution in [0.5, 0.6) is 0 Å². The van der Waals surface area contributed by atoms with Crippen molar-refractivity contribution in [3.63, 3.8) is 0 Å². The lowest BCUT2D eigenvalue weighted by Crippen LogP contribution is -2.35. The zero-order valence-electron chi connectivity index (χ0n) is 12.4. The van der Waals surface area contributed by atoms with Crippen LogP contribution in [0.15, 0.2) is 0 Å². The van der Waals surface area contributed by atoms with Crippen molar-refractivity contribution in [3.05, 3.63) is 0 Å². The van der Waals surface area contributed by atoms with Gasteiger partial charge < -0.3 is 4.74 Å². The highest BCUT2D eigenvalue weighted by atomic mass is 32.3. The van der Waals surface area contributed by atoms with Crippen LogP contribution in [0.4, 0.5) is 13.2 Å². The Bertz CT molecular complexity index is 470. The number of halogens is 3. The molecule has 0 aliphatic carbocycles. The van der Waals surface area contributed by atoms with Gasteiger partial charge in [-0.25, -0.2) is 3.63 Å². The van der Waals surface area contributed by atoms with Crippen LogP contribution in [-0.4, -0.2) is 50.2 Å². The van der Waals surface area contributed by atoms with E-state index in [4.69, 9.17) is 4.74 Å². The van der Waals surface area contributed by atoms with Crippen LogP contribution in [0.2, 0.25) is 0 Å². The van der Waals surface area contributed by atoms with Gasteiger partial charge in [0.2, 0.25) is 0 Å². The van der Waals surface area contributed by atoms with E-state index in [0.29, 0.717) is 6.42 Å². The molecular formula is C12H21F3O5S2. The molecule has 0 aromatic rings. The fourth-order valence-corrected chi connectivity index (χ4v) is 6.66. The van der Waals surface area contributed by atoms with Crippen molar-refractivity contribution in [2.24, 2.45) is 0 Å². The average Bonchev–Trinajstić information content (AvgIpc) is 2.37. The summed E-state index contributed by atoms with van der Waals surface area (Å²) < 4.78 is 69.8. The van der Waals surface area contributed by atoms with E-state index in [2.05, 4.69) is 3.63 Å². The summed E-state index contributed by atoms with van der Waals surface area (Å²) in [4.78, 5) is 12.0. The Morgan fingerprint density at radius 2 is 1.82 bits per heavy atom. The third-order valence-electron chi connectivity index (χ3n) is 3.20. The van der Waals surface area contributed by atoms with Crippen molar-refractivity contribution in [2.45, 2.75) is 38.1 Å². The largest absolute Gasteiger partial charge is 0.523 e. The quantitative estimate of drug-likeness (QED) is 0.488. The van der Waals surface area contributed by atoms with Gasteiger partial charge in [0.15, 0.2) is 0 Å². The smallest absolute Gasteiger partial charge is 0.380 e. The SMILES string of the molecule is CCCCCC(=O)CS1(OS(=O)(=O)C(F)(F)F)CCOCC1. The summed E-state index contributed by atoms with van der Waals surface area (Å²) in [6, 6.07) is 0. The van der Waals surface area contributed by atoms with Gasteiger partial charge in [-0.3, -0.25) is 4.79 Å². The second kappa shape index (κ2) is 7.98. The molecule has 1 aliphatic rings. The molecule has 0 saturated carbocycles. The monoisotopic (exact) mass is 366 g/mol. The van der Waals surface area contributed by atoms with Crippen molar-refractivity contribution in [1.29, 1.82) is 0 Å². The Labute approximate surface area is 130 Å². The molecule has 132 valence electrons. The van der Waals surface area contributed by atoms with Gasteiger partial charge >= 0.3 is 15.6 Å². The minimum absolute atomic E-state index is 0.0296. The Kier molecular flexibility index (Phi) is 7.16. The van der Waals surface area contributed by atoms with E-state index in [-0.39, 0.29) is 42.7 Å². The van der Waals surface area contributed by atoms with Gasteiger partial charge in [-0.05, 0) is 6.42 Å². The van der Waals surface area contributed by atoms with Gasteiger partial charge in [-0.1, -0.05) is 19.8 Å². The molecule has 10 heteroatoms. The summed E-state index contributed by atoms with van der Waals surface area (Å²) in [5.41, 5.74) is -5.48. The Morgan fingerprint density at radius 3 is 2.32 bits per heavy atom. The van der Waals surface area contributed by atoms with E-state index in [1.807, 2.05) is 6.92 Å². The van der Waals surface area contributed by atoms with E-state index in [9.17, 15) is 26.4 Å². The van der Waals surface area contributed by atoms with Crippen LogP contribution < -0.4 is 0 Å². The first-order valence-electron chi connectivity index (χ1n) is 7.00. The van der Waals surface area contributed by atoms with Gasteiger partial charge in [0.05, 0.1) is 19.0 Å². The number of carbonyl (C=O) groups is 1. The van der Waals surface area contributed by atoms with Crippen molar-refractivity contribution >= 4 is 26.2 Å². The van der Waals surface area contributed by atoms with Crippen molar-refractivity contribution in [3.8, 4) is 0 Å². The first kappa shape index (κ1) is 19.7. The number of unbranched alkanes of at least 4 members (excludes halogenated alkanes) is 2. The van der Waals surface area contributed by atoms with Crippen LogP contribution in [0.3, 0.4) is 0 Å². The Hall–Kier alpha value is -0.320. The molecule has 1 aliphatic heterocycles. The summed E-state index contributed by atoms with van der Waals surface area (Å²) in [5, 5.41) is 0. The highest BCUT2D eigenvalue weighted by Crippen LogP contribution is 2.53. The fraction of sp³-hybridized carbons (Fsp3) is 0.917. The van der Waals surface area contributed by atoms with Crippen LogP contribution in [0.25, 0.3) is 0 Å². The van der Waals surface area contributed by atoms with E-state index in [1.165, 1.54) is 0 Å². The first-order chi connectivity index (χ1) is 10.1. The van der Waals surface area contributed by atoms with Crippen LogP contribution in [-0.2, 0) is 23.3 Å². The van der Waals surface area contributed by atoms with Gasteiger partial charge in [-0.15, -0.1) is 10.3 Å². The minimum Gasteiger partial charge on any atom is -0.380 e. The molecule has 0 unspecified atom stereocenters. The van der Waals surface area contributed by atoms with Gasteiger partial charge in [0, 0.05) is 17.9 Å². The lowest BCUT2D eigenvalue weighted by molar-refractivity contribution is -0.116. The maximum Gasteiger partial charge on any atom is 0.523 e. The Balaban J connectivity index is 2.80. The van der Waals surface area contributed by atoms with Crippen molar-refractivity contribution < 1.29 is 34.7 Å². The molecule has 0 spiro atoms. The molecule has 0 atom stereocenters. The molecule has 0 bridgehead atoms. The number of ether oxygens (including phenoxy) is 1. The van der Waals surface area contributed by atoms with Crippen molar-refractivity contribution in [2.75, 3.05) is 30.5 Å². The predicted molar refractivity (Wildman–Crippen MR) is 78.2 cm³/mol. The number of ketones is 1. The number of alkyl halides is 3. The maximum absolute atomic E-state index is 12.5. The second-order valence-electron chi connectivity index (χ2n) is 5.09. The molecule has 1 saturated heterocycles. The molecule has 0 aromatic heterocycles. The molecule has 0 amide bonds. The minimum atomic E-state index is -5.70. The standard InChI is InChI=1S/C12H21F3O5S2/c1-2-3-4-5-11(16)10-21(8-6-19-7-9-21)20-22(17,18)12(13,14)15/h2-10H2,1H3. The van der Waals surface area contributed by atoms with E-state index in [1.54, 1.807) is 0 Å². The summed E-state index contributed by atoms with van der Waals surface area (Å²) in [6.07, 6.45) is 2.64. The summed E-state index contributed by atoms with van der Waals surface area (Å²) in [6.45, 7) is 2.17. The molecule has 1 fully saturated rings. The average molecular weight is 366 g/mol. The molecule has 1 rings (SSSR count). The number of carbonyl (C=O) groups excluding carboxylic acids is 1. The lowest BCUT2D eigenvalue weighted by atomic mass is 10.2. The maximum atomic E-state index is 12.5. The summed E-state index contributed by atoms with van der Waals surface area (Å²) in [7, 11) is -8.35. The molecule has 0 N–H and O–H groups in total. The molecular weight excluding hydrogens is 345 g/mol. The third-order valence-corrected chi connectivity index (χ3v) is 8.31. The van der Waals surface area contributed by atoms with E-state index >= 15 is 0 Å². The van der Waals surface area contributed by atoms with Crippen LogP contribution >= 0.6 is 10.3 Å². The molecule has 22 heavy (non-hydrogen) atoms. The zero-order chi connectivity index (χ0) is 16.9. The molecule has 0 radical (unpaired) electrons. The zero-order valence-corrected chi connectivity index (χ0v) is 14.0. The highest BCUT2D eigenvalue weighted by molar-refractivity contribution is 8.33. The normalized spacial score (nSPS) is 20.5.